The third-order valence-corrected chi connectivity index (χ3v) is 3.03. The summed E-state index contributed by atoms with van der Waals surface area (Å²) in [6, 6.07) is 9.89. The van der Waals surface area contributed by atoms with Gasteiger partial charge in [0.15, 0.2) is 11.5 Å². The van der Waals surface area contributed by atoms with Crippen molar-refractivity contribution in [3.8, 4) is 0 Å². The second kappa shape index (κ2) is 5.24. The minimum Gasteiger partial charge on any atom is -0.465 e. The van der Waals surface area contributed by atoms with Crippen molar-refractivity contribution in [1.82, 2.24) is 19.9 Å². The van der Waals surface area contributed by atoms with E-state index in [-0.39, 0.29) is 0 Å². The second-order valence-corrected chi connectivity index (χ2v) is 4.37. The average molecular weight is 256 g/mol. The van der Waals surface area contributed by atoms with Crippen molar-refractivity contribution in [3.63, 3.8) is 0 Å². The molecule has 0 bridgehead atoms. The lowest BCUT2D eigenvalue weighted by Crippen LogP contribution is -2.14. The van der Waals surface area contributed by atoms with E-state index in [1.165, 1.54) is 0 Å². The van der Waals surface area contributed by atoms with Crippen molar-refractivity contribution < 1.29 is 4.42 Å². The molecule has 5 heteroatoms. The van der Waals surface area contributed by atoms with Crippen LogP contribution in [0.25, 0.3) is 5.65 Å². The molecule has 1 N–H and O–H groups in total. The Morgan fingerprint density at radius 2 is 2.00 bits per heavy atom. The summed E-state index contributed by atoms with van der Waals surface area (Å²) in [7, 11) is 0. The summed E-state index contributed by atoms with van der Waals surface area (Å²) >= 11 is 0. The quantitative estimate of drug-likeness (QED) is 0.760. The third kappa shape index (κ3) is 2.51. The van der Waals surface area contributed by atoms with Gasteiger partial charge >= 0.3 is 0 Å². The molecule has 0 aliphatic carbocycles. The Balaban J connectivity index is 1.63. The zero-order valence-electron chi connectivity index (χ0n) is 10.8. The van der Waals surface area contributed by atoms with Crippen molar-refractivity contribution in [2.45, 2.75) is 26.4 Å². The van der Waals surface area contributed by atoms with Crippen molar-refractivity contribution in [3.05, 3.63) is 53.9 Å². The fourth-order valence-electron chi connectivity index (χ4n) is 2.02. The highest BCUT2D eigenvalue weighted by Crippen LogP contribution is 2.08. The SMILES string of the molecule is CCc1ccc(CNCc2nnc3ccccn23)o1. The van der Waals surface area contributed by atoms with Crippen LogP contribution in [0.5, 0.6) is 0 Å². The average Bonchev–Trinajstić information content (AvgIpc) is 3.06. The van der Waals surface area contributed by atoms with Gasteiger partial charge in [0.1, 0.15) is 11.5 Å². The van der Waals surface area contributed by atoms with Crippen LogP contribution in [0.3, 0.4) is 0 Å². The third-order valence-electron chi connectivity index (χ3n) is 3.03. The van der Waals surface area contributed by atoms with Crippen molar-refractivity contribution in [2.24, 2.45) is 0 Å². The first kappa shape index (κ1) is 11.9. The highest BCUT2D eigenvalue weighted by molar-refractivity contribution is 5.36. The number of aryl methyl sites for hydroxylation is 1. The molecule has 0 amide bonds. The standard InChI is InChI=1S/C14H16N4O/c1-2-11-6-7-12(19-11)9-15-10-14-17-16-13-5-3-4-8-18(13)14/h3-8,15H,2,9-10H2,1H3. The zero-order valence-corrected chi connectivity index (χ0v) is 10.8. The van der Waals surface area contributed by atoms with Crippen molar-refractivity contribution >= 4 is 5.65 Å². The second-order valence-electron chi connectivity index (χ2n) is 4.37. The first-order valence-electron chi connectivity index (χ1n) is 6.44. The maximum atomic E-state index is 5.63. The lowest BCUT2D eigenvalue weighted by Gasteiger charge is -2.01. The van der Waals surface area contributed by atoms with Gasteiger partial charge in [-0.1, -0.05) is 13.0 Å². The predicted molar refractivity (Wildman–Crippen MR) is 71.6 cm³/mol. The lowest BCUT2D eigenvalue weighted by atomic mass is 10.3. The van der Waals surface area contributed by atoms with E-state index in [9.17, 15) is 0 Å². The van der Waals surface area contributed by atoms with Crippen LogP contribution in [0.1, 0.15) is 24.3 Å². The normalized spacial score (nSPS) is 11.2. The van der Waals surface area contributed by atoms with Gasteiger partial charge in [-0.3, -0.25) is 4.40 Å². The molecule has 3 rings (SSSR count). The van der Waals surface area contributed by atoms with E-state index >= 15 is 0 Å². The van der Waals surface area contributed by atoms with Crippen LogP contribution in [0.15, 0.2) is 40.9 Å². The molecule has 98 valence electrons. The van der Waals surface area contributed by atoms with Crippen LogP contribution in [-0.2, 0) is 19.5 Å². The number of hydrogen-bond acceptors (Lipinski definition) is 4. The van der Waals surface area contributed by atoms with E-state index in [0.29, 0.717) is 13.1 Å². The maximum absolute atomic E-state index is 5.63. The van der Waals surface area contributed by atoms with Crippen LogP contribution in [-0.4, -0.2) is 14.6 Å². The molecule has 0 aromatic carbocycles. The van der Waals surface area contributed by atoms with Gasteiger partial charge in [0.05, 0.1) is 13.1 Å². The summed E-state index contributed by atoms with van der Waals surface area (Å²) < 4.78 is 7.61. The summed E-state index contributed by atoms with van der Waals surface area (Å²) in [6.45, 7) is 3.44. The Hall–Kier alpha value is -2.14. The lowest BCUT2D eigenvalue weighted by molar-refractivity contribution is 0.448. The molecule has 0 fully saturated rings. The molecule has 3 aromatic rings. The first-order chi connectivity index (χ1) is 9.36. The van der Waals surface area contributed by atoms with Gasteiger partial charge in [0.2, 0.25) is 0 Å². The van der Waals surface area contributed by atoms with Crippen molar-refractivity contribution in [2.75, 3.05) is 0 Å². The molecule has 0 spiro atoms. The topological polar surface area (TPSA) is 55.4 Å². The van der Waals surface area contributed by atoms with Crippen LogP contribution in [0, 0.1) is 0 Å². The Morgan fingerprint density at radius 3 is 2.84 bits per heavy atom. The smallest absolute Gasteiger partial charge is 0.160 e. The number of nitrogens with one attached hydrogen (secondary N) is 1. The molecule has 0 unspecified atom stereocenters. The van der Waals surface area contributed by atoms with Crippen LogP contribution >= 0.6 is 0 Å². The molecular weight excluding hydrogens is 240 g/mol. The van der Waals surface area contributed by atoms with Gasteiger partial charge < -0.3 is 9.73 Å². The molecule has 3 heterocycles. The van der Waals surface area contributed by atoms with E-state index in [2.05, 4.69) is 22.4 Å². The molecule has 5 nitrogen and oxygen atoms in total. The molecule has 0 atom stereocenters. The number of rotatable bonds is 5. The van der Waals surface area contributed by atoms with Gasteiger partial charge in [-0.15, -0.1) is 10.2 Å². The van der Waals surface area contributed by atoms with Gasteiger partial charge in [0, 0.05) is 12.6 Å². The fourth-order valence-corrected chi connectivity index (χ4v) is 2.02. The highest BCUT2D eigenvalue weighted by atomic mass is 16.3. The molecule has 0 radical (unpaired) electrons. The van der Waals surface area contributed by atoms with Gasteiger partial charge in [0.25, 0.3) is 0 Å². The highest BCUT2D eigenvalue weighted by Gasteiger charge is 2.05. The molecule has 0 saturated carbocycles. The summed E-state index contributed by atoms with van der Waals surface area (Å²) in [4.78, 5) is 0. The van der Waals surface area contributed by atoms with Crippen LogP contribution in [0.2, 0.25) is 0 Å². The molecule has 3 aromatic heterocycles. The predicted octanol–water partition coefficient (Wildman–Crippen LogP) is 2.17. The van der Waals surface area contributed by atoms with Gasteiger partial charge in [-0.05, 0) is 24.3 Å². The molecule has 0 saturated heterocycles. The summed E-state index contributed by atoms with van der Waals surface area (Å²) in [5.74, 6) is 2.87. The summed E-state index contributed by atoms with van der Waals surface area (Å²) in [5, 5.41) is 11.6. The van der Waals surface area contributed by atoms with E-state index in [1.54, 1.807) is 0 Å². The molecule has 0 aliphatic rings. The minimum absolute atomic E-state index is 0.660. The number of aromatic nitrogens is 3. The van der Waals surface area contributed by atoms with Gasteiger partial charge in [-0.25, -0.2) is 0 Å². The molecule has 0 aliphatic heterocycles. The van der Waals surface area contributed by atoms with Crippen LogP contribution < -0.4 is 5.32 Å². The zero-order chi connectivity index (χ0) is 13.1. The minimum atomic E-state index is 0.660. The number of nitrogens with zero attached hydrogens (tertiary/aromatic N) is 3. The number of furan rings is 1. The summed E-state index contributed by atoms with van der Waals surface area (Å²) in [5.41, 5.74) is 0.866. The maximum Gasteiger partial charge on any atom is 0.160 e. The van der Waals surface area contributed by atoms with Crippen molar-refractivity contribution in [1.29, 1.82) is 0 Å². The van der Waals surface area contributed by atoms with E-state index in [1.807, 2.05) is 40.9 Å². The number of pyridine rings is 1. The monoisotopic (exact) mass is 256 g/mol. The Bertz CT molecular complexity index is 671. The molecular formula is C14H16N4O. The largest absolute Gasteiger partial charge is 0.465 e. The van der Waals surface area contributed by atoms with E-state index < -0.39 is 0 Å². The Kier molecular flexibility index (Phi) is 3.29. The Labute approximate surface area is 111 Å². The Morgan fingerprint density at radius 1 is 1.11 bits per heavy atom. The van der Waals surface area contributed by atoms with E-state index in [0.717, 1.165) is 29.4 Å². The van der Waals surface area contributed by atoms with E-state index in [4.69, 9.17) is 4.42 Å². The summed E-state index contributed by atoms with van der Waals surface area (Å²) in [6.07, 6.45) is 2.89. The van der Waals surface area contributed by atoms with Crippen LogP contribution in [0.4, 0.5) is 0 Å². The molecule has 19 heavy (non-hydrogen) atoms. The number of fused-ring (bicyclic) bond motifs is 1. The van der Waals surface area contributed by atoms with Gasteiger partial charge in [-0.2, -0.15) is 0 Å². The first-order valence-corrected chi connectivity index (χ1v) is 6.44. The fraction of sp³-hybridized carbons (Fsp3) is 0.286. The number of hydrogen-bond donors (Lipinski definition) is 1.